The van der Waals surface area contributed by atoms with Gasteiger partial charge in [0, 0.05) is 30.3 Å². The lowest BCUT2D eigenvalue weighted by Gasteiger charge is -2.20. The van der Waals surface area contributed by atoms with Crippen molar-refractivity contribution in [3.63, 3.8) is 0 Å². The Morgan fingerprint density at radius 1 is 0.821 bits per heavy atom. The number of benzene rings is 3. The van der Waals surface area contributed by atoms with Crippen molar-refractivity contribution < 1.29 is 14.3 Å². The molecule has 0 saturated heterocycles. The predicted molar refractivity (Wildman–Crippen MR) is 110 cm³/mol. The highest BCUT2D eigenvalue weighted by Gasteiger charge is 2.21. The highest BCUT2D eigenvalue weighted by atomic mass is 16.5. The quantitative estimate of drug-likeness (QED) is 0.569. The molecule has 142 valence electrons. The molecule has 4 heteroatoms. The predicted octanol–water partition coefficient (Wildman–Crippen LogP) is 4.59. The van der Waals surface area contributed by atoms with E-state index in [-0.39, 0.29) is 11.7 Å². The van der Waals surface area contributed by atoms with Gasteiger partial charge in [0.2, 0.25) is 0 Å². The van der Waals surface area contributed by atoms with Gasteiger partial charge in [-0.3, -0.25) is 9.59 Å². The summed E-state index contributed by atoms with van der Waals surface area (Å²) in [7, 11) is 1.73. The fourth-order valence-electron chi connectivity index (χ4n) is 3.08. The van der Waals surface area contributed by atoms with Crippen molar-refractivity contribution in [2.24, 2.45) is 0 Å². The van der Waals surface area contributed by atoms with E-state index in [1.807, 2.05) is 49.4 Å². The number of hydrogen-bond donors (Lipinski definition) is 0. The first-order chi connectivity index (χ1) is 13.6. The third-order valence-electron chi connectivity index (χ3n) is 4.46. The van der Waals surface area contributed by atoms with Gasteiger partial charge < -0.3 is 9.64 Å². The molecule has 0 N–H and O–H groups in total. The van der Waals surface area contributed by atoms with Crippen LogP contribution in [0.1, 0.15) is 38.8 Å². The van der Waals surface area contributed by atoms with Crippen molar-refractivity contribution in [2.75, 3.05) is 13.7 Å². The number of carbonyl (C=O) groups is 2. The van der Waals surface area contributed by atoms with Gasteiger partial charge in [0.15, 0.2) is 5.78 Å². The highest BCUT2D eigenvalue weighted by molar-refractivity contribution is 6.15. The van der Waals surface area contributed by atoms with Crippen molar-refractivity contribution in [3.8, 4) is 5.75 Å². The van der Waals surface area contributed by atoms with Crippen molar-refractivity contribution >= 4 is 11.7 Å². The van der Waals surface area contributed by atoms with E-state index in [2.05, 4.69) is 0 Å². The summed E-state index contributed by atoms with van der Waals surface area (Å²) in [6.45, 7) is 2.88. The van der Waals surface area contributed by atoms with E-state index in [0.717, 1.165) is 11.3 Å². The number of ketones is 1. The van der Waals surface area contributed by atoms with Gasteiger partial charge in [0.05, 0.1) is 12.2 Å². The van der Waals surface area contributed by atoms with Gasteiger partial charge in [-0.25, -0.2) is 0 Å². The van der Waals surface area contributed by atoms with Crippen LogP contribution in [-0.2, 0) is 6.54 Å². The molecule has 0 aromatic heterocycles. The highest BCUT2D eigenvalue weighted by Crippen LogP contribution is 2.22. The first kappa shape index (κ1) is 19.4. The summed E-state index contributed by atoms with van der Waals surface area (Å²) in [5, 5.41) is 0. The molecule has 3 rings (SSSR count). The van der Waals surface area contributed by atoms with Crippen molar-refractivity contribution in [3.05, 3.63) is 101 Å². The molecule has 0 heterocycles. The zero-order valence-electron chi connectivity index (χ0n) is 16.1. The van der Waals surface area contributed by atoms with Crippen LogP contribution < -0.4 is 4.74 Å². The molecule has 0 aliphatic heterocycles. The summed E-state index contributed by atoms with van der Waals surface area (Å²) in [4.78, 5) is 27.6. The third-order valence-corrected chi connectivity index (χ3v) is 4.46. The molecule has 0 unspecified atom stereocenters. The van der Waals surface area contributed by atoms with E-state index in [1.165, 1.54) is 0 Å². The molecule has 0 atom stereocenters. The zero-order chi connectivity index (χ0) is 19.9. The second-order valence-electron chi connectivity index (χ2n) is 6.44. The van der Waals surface area contributed by atoms with E-state index in [0.29, 0.717) is 29.8 Å². The van der Waals surface area contributed by atoms with E-state index in [4.69, 9.17) is 4.74 Å². The van der Waals surface area contributed by atoms with Crippen LogP contribution in [0.5, 0.6) is 5.75 Å². The number of carbonyl (C=O) groups excluding carboxylic acids is 2. The van der Waals surface area contributed by atoms with Gasteiger partial charge in [-0.05, 0) is 19.1 Å². The molecular formula is C24H23NO3. The van der Waals surface area contributed by atoms with Crippen molar-refractivity contribution in [2.45, 2.75) is 13.5 Å². The molecule has 0 spiro atoms. The van der Waals surface area contributed by atoms with E-state index >= 15 is 0 Å². The Morgan fingerprint density at radius 3 is 2.14 bits per heavy atom. The van der Waals surface area contributed by atoms with Gasteiger partial charge in [-0.2, -0.15) is 0 Å². The number of nitrogens with zero attached hydrogens (tertiary/aromatic N) is 1. The molecule has 0 aliphatic rings. The number of para-hydroxylation sites is 1. The van der Waals surface area contributed by atoms with Gasteiger partial charge in [-0.15, -0.1) is 0 Å². The fraction of sp³-hybridized carbons (Fsp3) is 0.167. The molecule has 0 aliphatic carbocycles. The van der Waals surface area contributed by atoms with E-state index in [9.17, 15) is 9.59 Å². The Morgan fingerprint density at radius 2 is 1.43 bits per heavy atom. The molecule has 3 aromatic carbocycles. The Labute approximate surface area is 165 Å². The van der Waals surface area contributed by atoms with Gasteiger partial charge >= 0.3 is 0 Å². The van der Waals surface area contributed by atoms with E-state index < -0.39 is 0 Å². The first-order valence-electron chi connectivity index (χ1n) is 9.26. The number of rotatable bonds is 7. The zero-order valence-corrected chi connectivity index (χ0v) is 16.1. The molecule has 1 amide bonds. The van der Waals surface area contributed by atoms with Crippen LogP contribution in [0.15, 0.2) is 78.9 Å². The maximum atomic E-state index is 13.1. The fourth-order valence-corrected chi connectivity index (χ4v) is 3.08. The van der Waals surface area contributed by atoms with Crippen LogP contribution in [0.3, 0.4) is 0 Å². The minimum atomic E-state index is -0.203. The summed E-state index contributed by atoms with van der Waals surface area (Å²) in [5.41, 5.74) is 2.29. The lowest BCUT2D eigenvalue weighted by molar-refractivity contribution is 0.0779. The summed E-state index contributed by atoms with van der Waals surface area (Å²) >= 11 is 0. The monoisotopic (exact) mass is 373 g/mol. The Bertz CT molecular complexity index is 966. The van der Waals surface area contributed by atoms with Crippen LogP contribution in [0.2, 0.25) is 0 Å². The average molecular weight is 373 g/mol. The number of amides is 1. The summed E-state index contributed by atoms with van der Waals surface area (Å²) in [6.07, 6.45) is 0. The maximum absolute atomic E-state index is 13.1. The molecule has 0 bridgehead atoms. The molecule has 0 fully saturated rings. The van der Waals surface area contributed by atoms with E-state index in [1.54, 1.807) is 48.3 Å². The maximum Gasteiger partial charge on any atom is 0.254 e. The second-order valence-corrected chi connectivity index (χ2v) is 6.44. The lowest BCUT2D eigenvalue weighted by atomic mass is 9.97. The number of hydrogen-bond acceptors (Lipinski definition) is 3. The molecule has 28 heavy (non-hydrogen) atoms. The Balaban J connectivity index is 1.86. The molecule has 4 nitrogen and oxygen atoms in total. The van der Waals surface area contributed by atoms with Crippen LogP contribution in [0, 0.1) is 0 Å². The molecule has 0 saturated carbocycles. The molecule has 3 aromatic rings. The van der Waals surface area contributed by atoms with Crippen LogP contribution in [-0.4, -0.2) is 30.2 Å². The normalized spacial score (nSPS) is 10.4. The summed E-state index contributed by atoms with van der Waals surface area (Å²) in [6, 6.07) is 23.6. The molecule has 0 radical (unpaired) electrons. The Hall–Kier alpha value is -3.40. The van der Waals surface area contributed by atoms with Crippen LogP contribution >= 0.6 is 0 Å². The SMILES string of the molecule is CCOc1ccccc1CN(C)C(=O)c1ccccc1C(=O)c1ccccc1. The van der Waals surface area contributed by atoms with Gasteiger partial charge in [0.25, 0.3) is 5.91 Å². The Kier molecular flexibility index (Phi) is 6.22. The first-order valence-corrected chi connectivity index (χ1v) is 9.26. The topological polar surface area (TPSA) is 46.6 Å². The summed E-state index contributed by atoms with van der Waals surface area (Å²) in [5.74, 6) is 0.400. The minimum Gasteiger partial charge on any atom is -0.494 e. The van der Waals surface area contributed by atoms with Crippen LogP contribution in [0.25, 0.3) is 0 Å². The largest absolute Gasteiger partial charge is 0.494 e. The summed E-state index contributed by atoms with van der Waals surface area (Å²) < 4.78 is 5.65. The average Bonchev–Trinajstić information content (AvgIpc) is 2.75. The van der Waals surface area contributed by atoms with Gasteiger partial charge in [-0.1, -0.05) is 66.7 Å². The van der Waals surface area contributed by atoms with Gasteiger partial charge in [0.1, 0.15) is 5.75 Å². The smallest absolute Gasteiger partial charge is 0.254 e. The van der Waals surface area contributed by atoms with Crippen molar-refractivity contribution in [1.29, 1.82) is 0 Å². The minimum absolute atomic E-state index is 0.160. The third kappa shape index (κ3) is 4.29. The molecular weight excluding hydrogens is 350 g/mol. The number of ether oxygens (including phenoxy) is 1. The second kappa shape index (κ2) is 9.00. The lowest BCUT2D eigenvalue weighted by Crippen LogP contribution is -2.28. The standard InChI is InChI=1S/C24H23NO3/c1-3-28-22-16-10-7-13-19(22)17-25(2)24(27)21-15-9-8-14-20(21)23(26)18-11-5-4-6-12-18/h4-16H,3,17H2,1-2H3. The van der Waals surface area contributed by atoms with Crippen LogP contribution in [0.4, 0.5) is 0 Å². The van der Waals surface area contributed by atoms with Crippen molar-refractivity contribution in [1.82, 2.24) is 4.90 Å².